The molecule has 0 unspecified atom stereocenters. The third-order valence-corrected chi connectivity index (χ3v) is 7.37. The Morgan fingerprint density at radius 3 is 2.44 bits per heavy atom. The maximum absolute atomic E-state index is 13.0. The summed E-state index contributed by atoms with van der Waals surface area (Å²) in [6.07, 6.45) is 6.10. The van der Waals surface area contributed by atoms with Crippen LogP contribution in [0.5, 0.6) is 0 Å². The van der Waals surface area contributed by atoms with Crippen LogP contribution < -0.4 is 5.32 Å². The van der Waals surface area contributed by atoms with Gasteiger partial charge in [-0.2, -0.15) is 5.10 Å². The SMILES string of the molecule is CCn1nc(CC(C)(C)COC(=O)c2ccc(C(=O)N3CCCCC3)cc2)c2c1C(=O)NCCCOCCC2. The quantitative estimate of drug-likeness (QED) is 0.534. The van der Waals surface area contributed by atoms with Gasteiger partial charge < -0.3 is 19.7 Å². The molecule has 3 heterocycles. The second-order valence-electron chi connectivity index (χ2n) is 11.3. The number of amides is 2. The van der Waals surface area contributed by atoms with E-state index in [4.69, 9.17) is 14.6 Å². The standard InChI is InChI=1S/C30H42N4O5/c1-4-34-26-24(10-8-18-38-19-9-15-31-27(26)35)25(32-34)20-30(2,3)21-39-29(37)23-13-11-22(12-14-23)28(36)33-16-6-5-7-17-33/h11-14H,4-10,15-21H2,1-3H3,(H,31,35). The maximum Gasteiger partial charge on any atom is 0.338 e. The van der Waals surface area contributed by atoms with E-state index >= 15 is 0 Å². The Hall–Kier alpha value is -3.20. The van der Waals surface area contributed by atoms with E-state index in [2.05, 4.69) is 5.32 Å². The topological polar surface area (TPSA) is 103 Å². The van der Waals surface area contributed by atoms with Crippen LogP contribution in [0.25, 0.3) is 0 Å². The lowest BCUT2D eigenvalue weighted by Gasteiger charge is -2.26. The summed E-state index contributed by atoms with van der Waals surface area (Å²) in [4.78, 5) is 40.5. The third kappa shape index (κ3) is 7.47. The molecule has 0 radical (unpaired) electrons. The highest BCUT2D eigenvalue weighted by Crippen LogP contribution is 2.27. The number of carbonyl (C=O) groups excluding carboxylic acids is 3. The third-order valence-electron chi connectivity index (χ3n) is 7.37. The number of esters is 1. The number of ether oxygens (including phenoxy) is 2. The zero-order valence-electron chi connectivity index (χ0n) is 23.6. The summed E-state index contributed by atoms with van der Waals surface area (Å²) in [7, 11) is 0. The molecule has 0 bridgehead atoms. The summed E-state index contributed by atoms with van der Waals surface area (Å²) >= 11 is 0. The summed E-state index contributed by atoms with van der Waals surface area (Å²) in [5, 5.41) is 7.80. The minimum atomic E-state index is -0.421. The summed E-state index contributed by atoms with van der Waals surface area (Å²) in [6, 6.07) is 6.73. The van der Waals surface area contributed by atoms with Crippen molar-refractivity contribution in [3.05, 3.63) is 52.3 Å². The fraction of sp³-hybridized carbons (Fsp3) is 0.600. The van der Waals surface area contributed by atoms with Crippen LogP contribution in [0.3, 0.4) is 0 Å². The van der Waals surface area contributed by atoms with Gasteiger partial charge >= 0.3 is 5.97 Å². The van der Waals surface area contributed by atoms with Gasteiger partial charge in [0.2, 0.25) is 0 Å². The summed E-state index contributed by atoms with van der Waals surface area (Å²) in [5.74, 6) is -0.506. The zero-order chi connectivity index (χ0) is 27.8. The number of hydrogen-bond acceptors (Lipinski definition) is 6. The minimum Gasteiger partial charge on any atom is -0.462 e. The molecule has 9 heteroatoms. The normalized spacial score (nSPS) is 17.1. The molecule has 2 amide bonds. The molecule has 2 aliphatic heterocycles. The van der Waals surface area contributed by atoms with Crippen molar-refractivity contribution in [2.24, 2.45) is 5.41 Å². The van der Waals surface area contributed by atoms with Crippen molar-refractivity contribution >= 4 is 17.8 Å². The molecule has 0 spiro atoms. The second-order valence-corrected chi connectivity index (χ2v) is 11.3. The van der Waals surface area contributed by atoms with E-state index in [-0.39, 0.29) is 18.4 Å². The van der Waals surface area contributed by atoms with Gasteiger partial charge in [0.15, 0.2) is 0 Å². The van der Waals surface area contributed by atoms with Crippen LogP contribution in [-0.2, 0) is 28.9 Å². The first-order valence-corrected chi connectivity index (χ1v) is 14.3. The van der Waals surface area contributed by atoms with Crippen LogP contribution in [0.15, 0.2) is 24.3 Å². The van der Waals surface area contributed by atoms with E-state index < -0.39 is 11.4 Å². The molecule has 1 aromatic carbocycles. The molecule has 2 aliphatic rings. The molecule has 0 atom stereocenters. The molecular formula is C30H42N4O5. The van der Waals surface area contributed by atoms with Crippen LogP contribution in [0, 0.1) is 5.41 Å². The van der Waals surface area contributed by atoms with E-state index in [0.717, 1.165) is 56.5 Å². The molecule has 9 nitrogen and oxygen atoms in total. The number of likely N-dealkylation sites (tertiary alicyclic amines) is 1. The minimum absolute atomic E-state index is 0.0132. The molecule has 0 aliphatic carbocycles. The Bertz CT molecular complexity index is 1150. The van der Waals surface area contributed by atoms with Gasteiger partial charge in [0.25, 0.3) is 11.8 Å². The number of nitrogens with one attached hydrogen (secondary N) is 1. The Balaban J connectivity index is 1.41. The van der Waals surface area contributed by atoms with Crippen LogP contribution in [-0.4, -0.2) is 71.9 Å². The van der Waals surface area contributed by atoms with Crippen LogP contribution >= 0.6 is 0 Å². The van der Waals surface area contributed by atoms with Gasteiger partial charge in [-0.15, -0.1) is 0 Å². The highest BCUT2D eigenvalue weighted by Gasteiger charge is 2.29. The molecule has 1 aromatic heterocycles. The number of aromatic nitrogens is 2. The van der Waals surface area contributed by atoms with Crippen molar-refractivity contribution in [3.8, 4) is 0 Å². The van der Waals surface area contributed by atoms with Gasteiger partial charge in [0.05, 0.1) is 17.9 Å². The Morgan fingerprint density at radius 1 is 1.03 bits per heavy atom. The summed E-state index contributed by atoms with van der Waals surface area (Å²) in [5.41, 5.74) is 3.05. The molecule has 1 N–H and O–H groups in total. The van der Waals surface area contributed by atoms with E-state index in [0.29, 0.717) is 56.0 Å². The van der Waals surface area contributed by atoms with Crippen molar-refractivity contribution in [3.63, 3.8) is 0 Å². The molecule has 4 rings (SSSR count). The molecule has 39 heavy (non-hydrogen) atoms. The van der Waals surface area contributed by atoms with Crippen molar-refractivity contribution in [2.75, 3.05) is 39.5 Å². The number of fused-ring (bicyclic) bond motifs is 1. The van der Waals surface area contributed by atoms with Crippen molar-refractivity contribution in [1.82, 2.24) is 20.0 Å². The summed E-state index contributed by atoms with van der Waals surface area (Å²) < 4.78 is 13.2. The van der Waals surface area contributed by atoms with Gasteiger partial charge in [0, 0.05) is 62.4 Å². The number of rotatable bonds is 7. The molecule has 1 fully saturated rings. The number of aryl methyl sites for hydroxylation is 1. The van der Waals surface area contributed by atoms with Gasteiger partial charge in [-0.25, -0.2) is 4.79 Å². The first kappa shape index (κ1) is 28.8. The van der Waals surface area contributed by atoms with Crippen LogP contribution in [0.4, 0.5) is 0 Å². The average Bonchev–Trinajstić information content (AvgIpc) is 3.27. The van der Waals surface area contributed by atoms with Crippen LogP contribution in [0.2, 0.25) is 0 Å². The van der Waals surface area contributed by atoms with E-state index in [9.17, 15) is 14.4 Å². The molecule has 212 valence electrons. The second kappa shape index (κ2) is 13.2. The Morgan fingerprint density at radius 2 is 1.72 bits per heavy atom. The lowest BCUT2D eigenvalue weighted by Crippen LogP contribution is -2.35. The van der Waals surface area contributed by atoms with Crippen molar-refractivity contribution in [2.45, 2.75) is 72.3 Å². The average molecular weight is 539 g/mol. The van der Waals surface area contributed by atoms with Crippen molar-refractivity contribution in [1.29, 1.82) is 0 Å². The van der Waals surface area contributed by atoms with Crippen molar-refractivity contribution < 1.29 is 23.9 Å². The van der Waals surface area contributed by atoms with Gasteiger partial charge in [-0.3, -0.25) is 14.3 Å². The smallest absolute Gasteiger partial charge is 0.338 e. The number of carbonyl (C=O) groups is 3. The Labute approximate surface area is 231 Å². The molecule has 2 aromatic rings. The first-order valence-electron chi connectivity index (χ1n) is 14.3. The lowest BCUT2D eigenvalue weighted by atomic mass is 9.86. The van der Waals surface area contributed by atoms with Crippen LogP contribution in [0.1, 0.15) is 95.3 Å². The number of hydrogen-bond donors (Lipinski definition) is 1. The first-order chi connectivity index (χ1) is 18.8. The van der Waals surface area contributed by atoms with E-state index in [1.165, 1.54) is 0 Å². The molecule has 1 saturated heterocycles. The molecule has 0 saturated carbocycles. The fourth-order valence-corrected chi connectivity index (χ4v) is 5.23. The largest absolute Gasteiger partial charge is 0.462 e. The lowest BCUT2D eigenvalue weighted by molar-refractivity contribution is 0.0339. The Kier molecular flexibility index (Phi) is 9.78. The van der Waals surface area contributed by atoms with Gasteiger partial charge in [-0.1, -0.05) is 13.8 Å². The number of benzene rings is 1. The van der Waals surface area contributed by atoms with E-state index in [1.807, 2.05) is 25.7 Å². The zero-order valence-corrected chi connectivity index (χ0v) is 23.6. The molecular weight excluding hydrogens is 496 g/mol. The van der Waals surface area contributed by atoms with E-state index in [1.54, 1.807) is 28.9 Å². The summed E-state index contributed by atoms with van der Waals surface area (Å²) in [6.45, 7) is 10.3. The monoisotopic (exact) mass is 538 g/mol. The van der Waals surface area contributed by atoms with Gasteiger partial charge in [-0.05, 0) is 69.7 Å². The predicted molar refractivity (Wildman–Crippen MR) is 148 cm³/mol. The van der Waals surface area contributed by atoms with Gasteiger partial charge in [0.1, 0.15) is 5.69 Å². The maximum atomic E-state index is 13.0. The fourth-order valence-electron chi connectivity index (χ4n) is 5.23. The highest BCUT2D eigenvalue weighted by molar-refractivity contribution is 5.96. The number of piperidine rings is 1. The number of nitrogens with zero attached hydrogens (tertiary/aromatic N) is 3. The predicted octanol–water partition coefficient (Wildman–Crippen LogP) is 4.04. The highest BCUT2D eigenvalue weighted by atomic mass is 16.5.